The summed E-state index contributed by atoms with van der Waals surface area (Å²) < 4.78 is 42.0. The molecule has 0 aromatic heterocycles. The minimum Gasteiger partial charge on any atom is -0.461 e. The van der Waals surface area contributed by atoms with E-state index in [2.05, 4.69) is 11.6 Å². The molecule has 20 heavy (non-hydrogen) atoms. The quantitative estimate of drug-likeness (QED) is 0.330. The van der Waals surface area contributed by atoms with Crippen LogP contribution in [0.3, 0.4) is 0 Å². The second kappa shape index (κ2) is 9.41. The number of carbonyl (C=O) groups excluding carboxylic acids is 1. The monoisotopic (exact) mass is 307 g/mol. The predicted molar refractivity (Wildman–Crippen MR) is 75.4 cm³/mol. The highest BCUT2D eigenvalue weighted by molar-refractivity contribution is 8.18. The van der Waals surface area contributed by atoms with Gasteiger partial charge in [0, 0.05) is 11.8 Å². The molecule has 0 amide bonds. The number of thioether (sulfide) groups is 1. The third-order valence-corrected chi connectivity index (χ3v) is 2.63. The van der Waals surface area contributed by atoms with Gasteiger partial charge in [0.05, 0.1) is 6.61 Å². The Kier molecular flexibility index (Phi) is 8.71. The molecule has 7 heteroatoms. The molecule has 0 bridgehead atoms. The van der Waals surface area contributed by atoms with E-state index in [0.717, 1.165) is 30.1 Å². The van der Waals surface area contributed by atoms with Crippen LogP contribution in [-0.2, 0) is 9.53 Å². The minimum absolute atomic E-state index is 0.0107. The van der Waals surface area contributed by atoms with E-state index in [1.165, 1.54) is 12.3 Å². The first-order chi connectivity index (χ1) is 9.36. The van der Waals surface area contributed by atoms with Crippen molar-refractivity contribution in [2.24, 2.45) is 4.99 Å². The van der Waals surface area contributed by atoms with E-state index in [4.69, 9.17) is 4.74 Å². The fraction of sp³-hybridized carbons (Fsp3) is 0.385. The lowest BCUT2D eigenvalue weighted by atomic mass is 10.2. The highest BCUT2D eigenvalue weighted by Gasteiger charge is 2.31. The first kappa shape index (κ1) is 18.5. The molecule has 0 atom stereocenters. The SMILES string of the molecule is C=CSC(=N/C=C\C=C(/CC)C(F)(F)F)C(=O)OCC. The summed E-state index contributed by atoms with van der Waals surface area (Å²) >= 11 is 0.940. The smallest absolute Gasteiger partial charge is 0.412 e. The lowest BCUT2D eigenvalue weighted by Crippen LogP contribution is -2.13. The molecule has 0 aliphatic rings. The van der Waals surface area contributed by atoms with Crippen LogP contribution in [0.4, 0.5) is 13.2 Å². The van der Waals surface area contributed by atoms with Gasteiger partial charge in [0.15, 0.2) is 5.04 Å². The molecule has 0 heterocycles. The molecule has 0 spiro atoms. The second-order valence-corrected chi connectivity index (χ2v) is 4.28. The summed E-state index contributed by atoms with van der Waals surface area (Å²) in [5.41, 5.74) is -0.669. The molecular weight excluding hydrogens is 291 g/mol. The van der Waals surface area contributed by atoms with Gasteiger partial charge >= 0.3 is 12.1 Å². The van der Waals surface area contributed by atoms with Crippen LogP contribution in [0.15, 0.2) is 40.9 Å². The van der Waals surface area contributed by atoms with E-state index in [0.29, 0.717) is 0 Å². The number of carbonyl (C=O) groups is 1. The summed E-state index contributed by atoms with van der Waals surface area (Å²) in [6.45, 7) is 6.68. The van der Waals surface area contributed by atoms with Crippen LogP contribution in [0.1, 0.15) is 20.3 Å². The number of halogens is 3. The second-order valence-electron chi connectivity index (χ2n) is 3.32. The molecular formula is C13H16F3NO2S. The first-order valence-electron chi connectivity index (χ1n) is 5.82. The van der Waals surface area contributed by atoms with E-state index in [1.807, 2.05) is 0 Å². The van der Waals surface area contributed by atoms with Gasteiger partial charge in [-0.3, -0.25) is 0 Å². The van der Waals surface area contributed by atoms with Crippen molar-refractivity contribution in [1.29, 1.82) is 0 Å². The Hall–Kier alpha value is -1.50. The van der Waals surface area contributed by atoms with Crippen LogP contribution in [-0.4, -0.2) is 23.8 Å². The van der Waals surface area contributed by atoms with E-state index in [1.54, 1.807) is 6.92 Å². The van der Waals surface area contributed by atoms with Gasteiger partial charge in [0.25, 0.3) is 0 Å². The van der Waals surface area contributed by atoms with Gasteiger partial charge in [-0.05, 0) is 24.8 Å². The van der Waals surface area contributed by atoms with Crippen LogP contribution >= 0.6 is 11.8 Å². The first-order valence-corrected chi connectivity index (χ1v) is 6.70. The van der Waals surface area contributed by atoms with Crippen molar-refractivity contribution in [1.82, 2.24) is 0 Å². The molecule has 0 unspecified atom stereocenters. The summed E-state index contributed by atoms with van der Waals surface area (Å²) in [6.07, 6.45) is -1.32. The number of hydrogen-bond donors (Lipinski definition) is 0. The van der Waals surface area contributed by atoms with E-state index in [-0.39, 0.29) is 18.1 Å². The van der Waals surface area contributed by atoms with Crippen LogP contribution in [0.25, 0.3) is 0 Å². The van der Waals surface area contributed by atoms with E-state index >= 15 is 0 Å². The van der Waals surface area contributed by atoms with Crippen LogP contribution < -0.4 is 0 Å². The van der Waals surface area contributed by atoms with Crippen molar-refractivity contribution in [2.45, 2.75) is 26.4 Å². The molecule has 0 rings (SSSR count). The molecule has 3 nitrogen and oxygen atoms in total. The van der Waals surface area contributed by atoms with Gasteiger partial charge in [-0.25, -0.2) is 9.79 Å². The van der Waals surface area contributed by atoms with Gasteiger partial charge in [0.2, 0.25) is 0 Å². The number of aliphatic imine (C=N–C) groups is 1. The van der Waals surface area contributed by atoms with Gasteiger partial charge in [-0.15, -0.1) is 0 Å². The Bertz CT molecular complexity index is 426. The fourth-order valence-corrected chi connectivity index (χ4v) is 1.52. The summed E-state index contributed by atoms with van der Waals surface area (Å²) in [6, 6.07) is 0. The zero-order chi connectivity index (χ0) is 15.6. The fourth-order valence-electron chi connectivity index (χ4n) is 1.09. The molecule has 0 fully saturated rings. The number of nitrogens with zero attached hydrogens (tertiary/aromatic N) is 1. The number of esters is 1. The van der Waals surface area contributed by atoms with Crippen LogP contribution in [0, 0.1) is 0 Å². The number of hydrogen-bond acceptors (Lipinski definition) is 4. The lowest BCUT2D eigenvalue weighted by molar-refractivity contribution is -0.134. The Labute approximate surface area is 120 Å². The highest BCUT2D eigenvalue weighted by atomic mass is 32.2. The molecule has 0 aromatic rings. The molecule has 0 saturated carbocycles. The summed E-state index contributed by atoms with van der Waals surface area (Å²) in [5, 5.41) is 1.39. The largest absolute Gasteiger partial charge is 0.461 e. The van der Waals surface area contributed by atoms with Crippen LogP contribution in [0.2, 0.25) is 0 Å². The highest BCUT2D eigenvalue weighted by Crippen LogP contribution is 2.27. The van der Waals surface area contributed by atoms with Crippen molar-refractivity contribution in [3.05, 3.63) is 35.9 Å². The number of rotatable bonds is 5. The summed E-state index contributed by atoms with van der Waals surface area (Å²) in [5.74, 6) is -0.641. The minimum atomic E-state index is -4.36. The van der Waals surface area contributed by atoms with E-state index < -0.39 is 17.7 Å². The van der Waals surface area contributed by atoms with Crippen molar-refractivity contribution in [3.63, 3.8) is 0 Å². The van der Waals surface area contributed by atoms with E-state index in [9.17, 15) is 18.0 Å². The maximum absolute atomic E-state index is 12.4. The average molecular weight is 307 g/mol. The maximum Gasteiger partial charge on any atom is 0.412 e. The predicted octanol–water partition coefficient (Wildman–Crippen LogP) is 4.24. The Morgan fingerprint density at radius 3 is 2.50 bits per heavy atom. The molecule has 0 aliphatic carbocycles. The van der Waals surface area contributed by atoms with Gasteiger partial charge < -0.3 is 4.74 Å². The average Bonchev–Trinajstić information content (AvgIpc) is 2.36. The van der Waals surface area contributed by atoms with Crippen molar-refractivity contribution >= 4 is 22.8 Å². The number of ether oxygens (including phenoxy) is 1. The normalized spacial score (nSPS) is 13.7. The van der Waals surface area contributed by atoms with Crippen LogP contribution in [0.5, 0.6) is 0 Å². The zero-order valence-corrected chi connectivity index (χ0v) is 12.1. The third-order valence-electron chi connectivity index (χ3n) is 1.97. The van der Waals surface area contributed by atoms with Crippen molar-refractivity contribution < 1.29 is 22.7 Å². The number of allylic oxidation sites excluding steroid dienone is 3. The molecule has 0 radical (unpaired) electrons. The summed E-state index contributed by atoms with van der Waals surface area (Å²) in [4.78, 5) is 15.2. The van der Waals surface area contributed by atoms with Crippen molar-refractivity contribution in [3.8, 4) is 0 Å². The molecule has 0 aliphatic heterocycles. The van der Waals surface area contributed by atoms with Gasteiger partial charge in [-0.1, -0.05) is 31.3 Å². The maximum atomic E-state index is 12.4. The molecule has 112 valence electrons. The topological polar surface area (TPSA) is 38.7 Å². The molecule has 0 saturated heterocycles. The van der Waals surface area contributed by atoms with Crippen molar-refractivity contribution in [2.75, 3.05) is 6.61 Å². The lowest BCUT2D eigenvalue weighted by Gasteiger charge is -2.07. The Balaban J connectivity index is 4.93. The van der Waals surface area contributed by atoms with Gasteiger partial charge in [-0.2, -0.15) is 13.2 Å². The molecule has 0 N–H and O–H groups in total. The Morgan fingerprint density at radius 1 is 1.40 bits per heavy atom. The Morgan fingerprint density at radius 2 is 2.05 bits per heavy atom. The standard InChI is InChI=1S/C13H16F3NO2S/c1-4-10(13(14,15)16)8-7-9-17-11(20-6-3)12(18)19-5-2/h6-9H,3-5H2,1-2H3/b9-7-,10-8+,17-11?. The third kappa shape index (κ3) is 7.18. The molecule has 0 aromatic carbocycles. The zero-order valence-electron chi connectivity index (χ0n) is 11.2. The van der Waals surface area contributed by atoms with Gasteiger partial charge in [0.1, 0.15) is 0 Å². The number of alkyl halides is 3. The summed E-state index contributed by atoms with van der Waals surface area (Å²) in [7, 11) is 0.